The van der Waals surface area contributed by atoms with Crippen molar-refractivity contribution in [2.75, 3.05) is 18.7 Å². The van der Waals surface area contributed by atoms with Gasteiger partial charge in [0.1, 0.15) is 0 Å². The zero-order valence-corrected chi connectivity index (χ0v) is 15.0. The minimum atomic E-state index is -4.67. The van der Waals surface area contributed by atoms with Crippen LogP contribution in [0.3, 0.4) is 0 Å². The molecule has 3 N–H and O–H groups in total. The lowest BCUT2D eigenvalue weighted by molar-refractivity contribution is -0.138. The van der Waals surface area contributed by atoms with Gasteiger partial charge >= 0.3 is 18.0 Å². The van der Waals surface area contributed by atoms with Crippen molar-refractivity contribution < 1.29 is 37.3 Å². The molecule has 0 radical (unpaired) electrons. The summed E-state index contributed by atoms with van der Waals surface area (Å²) < 4.78 is 49.2. The summed E-state index contributed by atoms with van der Waals surface area (Å²) in [5, 5.41) is 14.4. The van der Waals surface area contributed by atoms with Crippen LogP contribution in [0.2, 0.25) is 0 Å². The molecule has 0 fully saturated rings. The Morgan fingerprint density at radius 3 is 2.55 bits per heavy atom. The number of alkyl halides is 3. The Morgan fingerprint density at radius 1 is 1.07 bits per heavy atom. The number of hydrogen-bond donors (Lipinski definition) is 3. The molecule has 0 aliphatic carbocycles. The normalized spacial score (nSPS) is 13.7. The molecule has 0 spiro atoms. The van der Waals surface area contributed by atoms with Crippen LogP contribution in [0.25, 0.3) is 0 Å². The van der Waals surface area contributed by atoms with E-state index in [-0.39, 0.29) is 19.8 Å². The summed E-state index contributed by atoms with van der Waals surface area (Å²) in [7, 11) is 0. The third kappa shape index (κ3) is 4.96. The average molecular weight is 410 g/mol. The second kappa shape index (κ2) is 8.39. The first-order chi connectivity index (χ1) is 13.8. The number of hydrogen-bond acceptors (Lipinski definition) is 5. The van der Waals surface area contributed by atoms with Crippen LogP contribution in [0.4, 0.5) is 18.9 Å². The highest BCUT2D eigenvalue weighted by Gasteiger charge is 2.34. The van der Waals surface area contributed by atoms with E-state index in [0.717, 1.165) is 12.1 Å². The third-order valence-electron chi connectivity index (χ3n) is 4.17. The zero-order valence-electron chi connectivity index (χ0n) is 15.0. The molecule has 154 valence electrons. The fraction of sp³-hybridized carbons (Fsp3) is 0.263. The van der Waals surface area contributed by atoms with E-state index < -0.39 is 35.3 Å². The van der Waals surface area contributed by atoms with Gasteiger partial charge in [-0.3, -0.25) is 9.59 Å². The van der Waals surface area contributed by atoms with Gasteiger partial charge in [-0.15, -0.1) is 0 Å². The van der Waals surface area contributed by atoms with Crippen molar-refractivity contribution in [3.05, 3.63) is 53.6 Å². The molecule has 1 atom stereocenters. The highest BCUT2D eigenvalue weighted by atomic mass is 19.4. The molecule has 2 aromatic rings. The molecule has 3 rings (SSSR count). The Labute approximate surface area is 163 Å². The lowest BCUT2D eigenvalue weighted by atomic mass is 10.1. The van der Waals surface area contributed by atoms with Crippen molar-refractivity contribution in [3.8, 4) is 11.5 Å². The first kappa shape index (κ1) is 20.5. The van der Waals surface area contributed by atoms with Crippen molar-refractivity contribution in [2.24, 2.45) is 0 Å². The first-order valence-corrected chi connectivity index (χ1v) is 8.58. The number of fused-ring (bicyclic) bond motifs is 1. The summed E-state index contributed by atoms with van der Waals surface area (Å²) >= 11 is 0. The molecule has 2 amide bonds. The Hall–Kier alpha value is -3.27. The molecule has 29 heavy (non-hydrogen) atoms. The van der Waals surface area contributed by atoms with E-state index in [9.17, 15) is 27.9 Å². The molecule has 7 nitrogen and oxygen atoms in total. The number of nitrogens with one attached hydrogen (secondary N) is 2. The number of anilines is 1. The van der Waals surface area contributed by atoms with Gasteiger partial charge < -0.3 is 25.2 Å². The van der Waals surface area contributed by atoms with Gasteiger partial charge in [0.2, 0.25) is 6.79 Å². The summed E-state index contributed by atoms with van der Waals surface area (Å²) in [4.78, 5) is 23.7. The van der Waals surface area contributed by atoms with Crippen LogP contribution in [0.1, 0.15) is 23.7 Å². The molecule has 1 unspecified atom stereocenters. The topological polar surface area (TPSA) is 96.9 Å². The van der Waals surface area contributed by atoms with Gasteiger partial charge in [-0.05, 0) is 36.2 Å². The van der Waals surface area contributed by atoms with Gasteiger partial charge in [0.25, 0.3) is 0 Å². The largest absolute Gasteiger partial charge is 0.454 e. The predicted octanol–water partition coefficient (Wildman–Crippen LogP) is 2.61. The number of aliphatic hydroxyl groups excluding tert-OH is 1. The molecule has 0 aromatic heterocycles. The molecule has 1 aliphatic heterocycles. The molecular weight excluding hydrogens is 393 g/mol. The van der Waals surface area contributed by atoms with E-state index in [4.69, 9.17) is 9.47 Å². The number of carbonyl (C=O) groups is 2. The molecular formula is C19H17F3N2O5. The van der Waals surface area contributed by atoms with Crippen molar-refractivity contribution in [1.29, 1.82) is 0 Å². The lowest BCUT2D eigenvalue weighted by Gasteiger charge is -2.14. The molecule has 0 bridgehead atoms. The molecule has 1 aliphatic rings. The first-order valence-electron chi connectivity index (χ1n) is 8.58. The van der Waals surface area contributed by atoms with Crippen molar-refractivity contribution in [2.45, 2.75) is 18.7 Å². The van der Waals surface area contributed by atoms with Gasteiger partial charge in [-0.25, -0.2) is 0 Å². The second-order valence-electron chi connectivity index (χ2n) is 6.17. The molecule has 10 heteroatoms. The van der Waals surface area contributed by atoms with Crippen molar-refractivity contribution >= 4 is 17.5 Å². The number of carbonyl (C=O) groups excluding carboxylic acids is 2. The summed E-state index contributed by atoms with van der Waals surface area (Å²) in [6.07, 6.45) is -5.54. The summed E-state index contributed by atoms with van der Waals surface area (Å²) in [6, 6.07) is 9.23. The molecule has 0 saturated heterocycles. The molecule has 1 heterocycles. The van der Waals surface area contributed by atoms with Gasteiger partial charge in [0.05, 0.1) is 17.4 Å². The Bertz CT molecular complexity index is 917. The van der Waals surface area contributed by atoms with Crippen LogP contribution < -0.4 is 20.1 Å². The van der Waals surface area contributed by atoms with Crippen LogP contribution in [-0.2, 0) is 15.8 Å². The highest BCUT2D eigenvalue weighted by molar-refractivity contribution is 6.39. The Kier molecular flexibility index (Phi) is 5.92. The van der Waals surface area contributed by atoms with Crippen molar-refractivity contribution in [3.63, 3.8) is 0 Å². The summed E-state index contributed by atoms with van der Waals surface area (Å²) in [5.74, 6) is -1.29. The van der Waals surface area contributed by atoms with E-state index >= 15 is 0 Å². The minimum absolute atomic E-state index is 0.0667. The number of ether oxygens (including phenoxy) is 2. The van der Waals surface area contributed by atoms with E-state index in [1.54, 1.807) is 18.2 Å². The monoisotopic (exact) mass is 410 g/mol. The predicted molar refractivity (Wildman–Crippen MR) is 95.2 cm³/mol. The smallest absolute Gasteiger partial charge is 0.418 e. The van der Waals surface area contributed by atoms with Gasteiger partial charge in [0, 0.05) is 6.54 Å². The SMILES string of the molecule is O=C(NCCC(O)c1ccc2c(c1)OCO2)C(=O)Nc1ccccc1C(F)(F)F. The number of benzene rings is 2. The second-order valence-corrected chi connectivity index (χ2v) is 6.17. The highest BCUT2D eigenvalue weighted by Crippen LogP contribution is 2.35. The van der Waals surface area contributed by atoms with Crippen LogP contribution in [0.15, 0.2) is 42.5 Å². The van der Waals surface area contributed by atoms with Gasteiger partial charge in [0.15, 0.2) is 11.5 Å². The van der Waals surface area contributed by atoms with E-state index in [2.05, 4.69) is 5.32 Å². The maximum Gasteiger partial charge on any atom is 0.418 e. The van der Waals surface area contributed by atoms with Crippen LogP contribution in [-0.4, -0.2) is 30.3 Å². The fourth-order valence-electron chi connectivity index (χ4n) is 2.71. The van der Waals surface area contributed by atoms with Crippen LogP contribution in [0, 0.1) is 0 Å². The Morgan fingerprint density at radius 2 is 1.79 bits per heavy atom. The number of aliphatic hydroxyl groups is 1. The summed E-state index contributed by atoms with van der Waals surface area (Å²) in [5.41, 5.74) is -1.04. The quantitative estimate of drug-likeness (QED) is 0.659. The van der Waals surface area contributed by atoms with Crippen molar-refractivity contribution in [1.82, 2.24) is 5.32 Å². The number of amides is 2. The van der Waals surface area contributed by atoms with E-state index in [0.29, 0.717) is 17.1 Å². The number of rotatable bonds is 5. The number of halogens is 3. The van der Waals surface area contributed by atoms with Gasteiger partial charge in [-0.2, -0.15) is 13.2 Å². The minimum Gasteiger partial charge on any atom is -0.454 e. The lowest BCUT2D eigenvalue weighted by Crippen LogP contribution is -2.36. The summed E-state index contributed by atoms with van der Waals surface area (Å²) in [6.45, 7) is 0.0281. The van der Waals surface area contributed by atoms with Crippen LogP contribution in [0.5, 0.6) is 11.5 Å². The third-order valence-corrected chi connectivity index (χ3v) is 4.17. The number of para-hydroxylation sites is 1. The maximum atomic E-state index is 12.9. The maximum absolute atomic E-state index is 12.9. The molecule has 2 aromatic carbocycles. The molecule has 0 saturated carbocycles. The Balaban J connectivity index is 1.51. The van der Waals surface area contributed by atoms with E-state index in [1.165, 1.54) is 12.1 Å². The van der Waals surface area contributed by atoms with E-state index in [1.807, 2.05) is 5.32 Å². The zero-order chi connectivity index (χ0) is 21.0. The van der Waals surface area contributed by atoms with Crippen LogP contribution >= 0.6 is 0 Å². The fourth-order valence-corrected chi connectivity index (χ4v) is 2.71. The average Bonchev–Trinajstić information content (AvgIpc) is 3.15. The van der Waals surface area contributed by atoms with Gasteiger partial charge in [-0.1, -0.05) is 18.2 Å². The standard InChI is InChI=1S/C19H17F3N2O5/c20-19(21,22)12-3-1-2-4-13(12)24-18(27)17(26)23-8-7-14(25)11-5-6-15-16(9-11)29-10-28-15/h1-6,9,14,25H,7-8,10H2,(H,23,26)(H,24,27).